The molecule has 6 heteroatoms. The number of benzene rings is 4. The van der Waals surface area contributed by atoms with Crippen molar-refractivity contribution in [3.63, 3.8) is 0 Å². The molecule has 5 nitrogen and oxygen atoms in total. The van der Waals surface area contributed by atoms with Crippen molar-refractivity contribution in [1.29, 1.82) is 0 Å². The van der Waals surface area contributed by atoms with E-state index in [4.69, 9.17) is 9.52 Å². The van der Waals surface area contributed by atoms with E-state index >= 15 is 0 Å². The molecule has 2 aliphatic heterocycles. The summed E-state index contributed by atoms with van der Waals surface area (Å²) < 4.78 is 11.1. The summed E-state index contributed by atoms with van der Waals surface area (Å²) >= 11 is 0. The summed E-state index contributed by atoms with van der Waals surface area (Å²) in [6.07, 6.45) is 0.702. The normalized spacial score (nSPS) is 11.4. The second-order valence-electron chi connectivity index (χ2n) is 8.66. The summed E-state index contributed by atoms with van der Waals surface area (Å²) in [5.74, 6) is 0. The second kappa shape index (κ2) is 10.3. The molecule has 2 N–H and O–H groups in total. The number of aryl methyl sites for hydroxylation is 1. The summed E-state index contributed by atoms with van der Waals surface area (Å²) in [6.45, 7) is 2.84. The third-order valence-corrected chi connectivity index (χ3v) is 6.62. The first-order valence-corrected chi connectivity index (χ1v) is 12.1. The van der Waals surface area contributed by atoms with E-state index in [-0.39, 0.29) is 45.9 Å². The molecule has 0 saturated heterocycles. The van der Waals surface area contributed by atoms with Crippen molar-refractivity contribution < 1.29 is 51.9 Å². The van der Waals surface area contributed by atoms with E-state index in [2.05, 4.69) is 88.0 Å². The first kappa shape index (κ1) is 24.9. The number of nitrogens with zero attached hydrogens (tertiary/aromatic N) is 2. The van der Waals surface area contributed by atoms with Gasteiger partial charge in [0.2, 0.25) is 11.0 Å². The molecule has 0 bridgehead atoms. The van der Waals surface area contributed by atoms with Gasteiger partial charge in [0.25, 0.3) is 0 Å². The van der Waals surface area contributed by atoms with Crippen molar-refractivity contribution in [2.24, 2.45) is 0 Å². The Morgan fingerprint density at radius 1 is 0.722 bits per heavy atom. The molecule has 7 rings (SSSR count). The van der Waals surface area contributed by atoms with Crippen molar-refractivity contribution in [3.8, 4) is 16.8 Å². The van der Waals surface area contributed by atoms with E-state index in [0.717, 1.165) is 45.4 Å². The summed E-state index contributed by atoms with van der Waals surface area (Å²) in [7, 11) is 0. The molecular formula is C30H27N2O3Y+. The maximum atomic E-state index is 9.58. The number of hydrogen-bond acceptors (Lipinski definition) is 3. The molecule has 5 aromatic rings. The van der Waals surface area contributed by atoms with Gasteiger partial charge < -0.3 is 19.2 Å². The number of rotatable bonds is 4. The van der Waals surface area contributed by atoms with Gasteiger partial charge in [0.05, 0.1) is 27.4 Å². The third-order valence-electron chi connectivity index (χ3n) is 6.62. The third kappa shape index (κ3) is 3.73. The fraction of sp³-hybridized carbons (Fsp3) is 0.167. The summed E-state index contributed by atoms with van der Waals surface area (Å²) in [5, 5.41) is 19.5. The summed E-state index contributed by atoms with van der Waals surface area (Å²) in [6, 6.07) is 29.7. The maximum Gasteiger partial charge on any atom is 0.217 e. The molecule has 0 fully saturated rings. The predicted molar refractivity (Wildman–Crippen MR) is 141 cm³/mol. The van der Waals surface area contributed by atoms with Gasteiger partial charge >= 0.3 is 0 Å². The van der Waals surface area contributed by atoms with Gasteiger partial charge in [-0.2, -0.15) is 4.57 Å². The minimum Gasteiger partial charge on any atom is -0.456 e. The van der Waals surface area contributed by atoms with Crippen LogP contribution in [0.4, 0.5) is 0 Å². The molecule has 36 heavy (non-hydrogen) atoms. The van der Waals surface area contributed by atoms with Gasteiger partial charge in [-0.3, -0.25) is 0 Å². The summed E-state index contributed by atoms with van der Waals surface area (Å²) in [4.78, 5) is 0. The van der Waals surface area contributed by atoms with Gasteiger partial charge in [-0.1, -0.05) is 36.4 Å². The largest absolute Gasteiger partial charge is 0.456 e. The van der Waals surface area contributed by atoms with E-state index < -0.39 is 0 Å². The molecule has 0 atom stereocenters. The zero-order valence-corrected chi connectivity index (χ0v) is 23.0. The Balaban J connectivity index is 0.000000637. The Bertz CT molecular complexity index is 1740. The Morgan fingerprint density at radius 3 is 2.11 bits per heavy atom. The fourth-order valence-electron chi connectivity index (χ4n) is 5.40. The molecule has 0 saturated carbocycles. The fourth-order valence-corrected chi connectivity index (χ4v) is 5.40. The monoisotopic (exact) mass is 552 g/mol. The van der Waals surface area contributed by atoms with Crippen LogP contribution in [-0.4, -0.2) is 28.0 Å². The molecule has 3 heterocycles. The Morgan fingerprint density at radius 2 is 1.36 bits per heavy atom. The van der Waals surface area contributed by atoms with Crippen molar-refractivity contribution in [3.05, 3.63) is 84.9 Å². The zero-order valence-electron chi connectivity index (χ0n) is 20.2. The van der Waals surface area contributed by atoms with E-state index in [0.29, 0.717) is 6.42 Å². The van der Waals surface area contributed by atoms with Crippen molar-refractivity contribution >= 4 is 44.0 Å². The van der Waals surface area contributed by atoms with Crippen LogP contribution in [0.3, 0.4) is 0 Å². The molecule has 177 valence electrons. The van der Waals surface area contributed by atoms with Crippen LogP contribution in [-0.2, 0) is 39.3 Å². The van der Waals surface area contributed by atoms with Crippen LogP contribution in [0, 0.1) is 0 Å². The molecule has 0 spiro atoms. The van der Waals surface area contributed by atoms with Gasteiger partial charge in [0, 0.05) is 75.7 Å². The standard InChI is InChI=1S/C28H21N2O2.C2H6O.Y/c31-17-7-16-29-19-10-4-12-21-25(19)28-26-20(29)11-5-14-23(26)32-24-15-6-13-22(27(24)28)30(21)18-8-2-1-3-9-18;1-2-3;/h1-6,8-15,31H,7,16-17H2;3H,2H2,1H3;/q+1;;. The predicted octanol–water partition coefficient (Wildman–Crippen LogP) is 5.89. The van der Waals surface area contributed by atoms with Crippen LogP contribution in [0.15, 0.2) is 89.3 Å². The number of hydrogen-bond donors (Lipinski definition) is 2. The van der Waals surface area contributed by atoms with Gasteiger partial charge in [-0.25, -0.2) is 0 Å². The van der Waals surface area contributed by atoms with Crippen molar-refractivity contribution in [2.45, 2.75) is 19.9 Å². The molecular weight excluding hydrogens is 525 g/mol. The Kier molecular flexibility index (Phi) is 7.09. The number of para-hydroxylation sites is 1. The van der Waals surface area contributed by atoms with Crippen LogP contribution >= 0.6 is 0 Å². The van der Waals surface area contributed by atoms with E-state index in [1.54, 1.807) is 6.92 Å². The van der Waals surface area contributed by atoms with Crippen LogP contribution in [0.25, 0.3) is 60.8 Å². The Labute approximate surface area is 234 Å². The van der Waals surface area contributed by atoms with Gasteiger partial charge in [-0.05, 0) is 43.3 Å². The van der Waals surface area contributed by atoms with Gasteiger partial charge in [-0.15, -0.1) is 0 Å². The van der Waals surface area contributed by atoms with Crippen LogP contribution < -0.4 is 4.57 Å². The number of aromatic nitrogens is 2. The SMILES string of the molecule is CCO.OCCC[n+]1c2cccc3oc4cccc5c4-c(c32)c2c(cccc21)n5-c1ccccc1.[Y]. The first-order valence-electron chi connectivity index (χ1n) is 12.1. The van der Waals surface area contributed by atoms with Crippen molar-refractivity contribution in [1.82, 2.24) is 4.57 Å². The quantitative estimate of drug-likeness (QED) is 0.163. The maximum absolute atomic E-state index is 9.58. The summed E-state index contributed by atoms with van der Waals surface area (Å²) in [5.41, 5.74) is 9.95. The molecule has 0 aliphatic carbocycles. The van der Waals surface area contributed by atoms with E-state index in [1.807, 2.05) is 6.07 Å². The zero-order chi connectivity index (χ0) is 23.9. The molecule has 0 amide bonds. The molecule has 1 aromatic heterocycles. The second-order valence-corrected chi connectivity index (χ2v) is 8.66. The average Bonchev–Trinajstić information content (AvgIpc) is 2.89. The van der Waals surface area contributed by atoms with Crippen molar-refractivity contribution in [2.75, 3.05) is 13.2 Å². The minimum absolute atomic E-state index is 0. The number of aliphatic hydroxyl groups excluding tert-OH is 2. The van der Waals surface area contributed by atoms with E-state index in [1.165, 1.54) is 22.0 Å². The Hall–Kier alpha value is -2.83. The minimum atomic E-state index is 0. The average molecular weight is 552 g/mol. The van der Waals surface area contributed by atoms with Gasteiger partial charge in [0.1, 0.15) is 11.2 Å². The first-order chi connectivity index (χ1) is 17.3. The topological polar surface area (TPSA) is 62.4 Å². The number of aliphatic hydroxyl groups is 2. The molecule has 4 aromatic carbocycles. The smallest absolute Gasteiger partial charge is 0.217 e. The molecule has 2 aliphatic rings. The van der Waals surface area contributed by atoms with Crippen LogP contribution in [0.1, 0.15) is 13.3 Å². The van der Waals surface area contributed by atoms with Crippen LogP contribution in [0.5, 0.6) is 0 Å². The number of pyridine rings is 2. The van der Waals surface area contributed by atoms with Crippen LogP contribution in [0.2, 0.25) is 0 Å². The van der Waals surface area contributed by atoms with Gasteiger partial charge in [0.15, 0.2) is 6.54 Å². The molecule has 1 radical (unpaired) electrons. The molecule has 0 unspecified atom stereocenters. The van der Waals surface area contributed by atoms with E-state index in [9.17, 15) is 5.11 Å².